The number of hydrogen-bond donors (Lipinski definition) is 0. The zero-order chi connectivity index (χ0) is 12.2. The van der Waals surface area contributed by atoms with E-state index in [0.29, 0.717) is 6.42 Å². The average molecular weight is 415 g/mol. The highest BCUT2D eigenvalue weighted by atomic mass is 80.0. The van der Waals surface area contributed by atoms with Crippen LogP contribution in [0, 0.1) is 0 Å². The van der Waals surface area contributed by atoms with Crippen molar-refractivity contribution < 1.29 is 9.53 Å². The first-order chi connectivity index (χ1) is 7.45. The van der Waals surface area contributed by atoms with Gasteiger partial charge in [0.05, 0.1) is 0 Å². The first kappa shape index (κ1) is 14.2. The van der Waals surface area contributed by atoms with Gasteiger partial charge >= 0.3 is 5.97 Å². The van der Waals surface area contributed by atoms with Crippen molar-refractivity contribution in [1.29, 1.82) is 0 Å². The van der Waals surface area contributed by atoms with E-state index in [-0.39, 0.29) is 5.97 Å². The van der Waals surface area contributed by atoms with Crippen molar-refractivity contribution in [3.8, 4) is 0 Å². The molecule has 0 fully saturated rings. The van der Waals surface area contributed by atoms with Gasteiger partial charge in [-0.25, -0.2) is 0 Å². The second-order valence-electron chi connectivity index (χ2n) is 3.18. The van der Waals surface area contributed by atoms with Gasteiger partial charge in [0.25, 0.3) is 0 Å². The van der Waals surface area contributed by atoms with Crippen LogP contribution in [0.15, 0.2) is 30.3 Å². The van der Waals surface area contributed by atoms with E-state index in [1.54, 1.807) is 6.92 Å². The summed E-state index contributed by atoms with van der Waals surface area (Å²) in [6.45, 7) is 1.77. The van der Waals surface area contributed by atoms with E-state index in [1.807, 2.05) is 30.3 Å². The van der Waals surface area contributed by atoms with E-state index in [1.165, 1.54) is 0 Å². The molecule has 0 aliphatic rings. The van der Waals surface area contributed by atoms with E-state index in [0.717, 1.165) is 5.56 Å². The topological polar surface area (TPSA) is 26.3 Å². The van der Waals surface area contributed by atoms with Gasteiger partial charge in [0.1, 0.15) is 0 Å². The Morgan fingerprint density at radius 3 is 2.31 bits per heavy atom. The van der Waals surface area contributed by atoms with Crippen molar-refractivity contribution in [2.24, 2.45) is 0 Å². The smallest absolute Gasteiger partial charge is 0.306 e. The molecule has 0 heterocycles. The van der Waals surface area contributed by atoms with Crippen molar-refractivity contribution in [2.45, 2.75) is 21.6 Å². The molecule has 1 aromatic rings. The standard InChI is InChI=1S/C11H11Br3O2/c1-2-9(15)16-10(11(12,13)14)8-6-4-3-5-7-8/h3-7,10H,2H2,1H3. The van der Waals surface area contributed by atoms with E-state index < -0.39 is 8.25 Å². The lowest BCUT2D eigenvalue weighted by Gasteiger charge is -2.25. The van der Waals surface area contributed by atoms with E-state index in [2.05, 4.69) is 47.8 Å². The Hall–Kier alpha value is 0.130. The minimum atomic E-state index is -0.654. The number of alkyl halides is 3. The Morgan fingerprint density at radius 1 is 1.31 bits per heavy atom. The van der Waals surface area contributed by atoms with Crippen molar-refractivity contribution in [3.05, 3.63) is 35.9 Å². The largest absolute Gasteiger partial charge is 0.454 e. The van der Waals surface area contributed by atoms with E-state index in [9.17, 15) is 4.79 Å². The highest BCUT2D eigenvalue weighted by Crippen LogP contribution is 2.47. The summed E-state index contributed by atoms with van der Waals surface area (Å²) in [4.78, 5) is 11.4. The molecular weight excluding hydrogens is 404 g/mol. The molecule has 0 spiro atoms. The number of carbonyl (C=O) groups excluding carboxylic acids is 1. The molecule has 0 aliphatic heterocycles. The maximum Gasteiger partial charge on any atom is 0.306 e. The Morgan fingerprint density at radius 2 is 1.88 bits per heavy atom. The lowest BCUT2D eigenvalue weighted by atomic mass is 10.1. The third-order valence-corrected chi connectivity index (χ3v) is 3.19. The summed E-state index contributed by atoms with van der Waals surface area (Å²) in [6, 6.07) is 9.54. The predicted octanol–water partition coefficient (Wildman–Crippen LogP) is 4.52. The van der Waals surface area contributed by atoms with Gasteiger partial charge in [-0.05, 0) is 5.56 Å². The normalized spacial score (nSPS) is 13.2. The molecule has 2 nitrogen and oxygen atoms in total. The molecule has 0 saturated carbocycles. The Bertz CT molecular complexity index is 346. The third kappa shape index (κ3) is 4.18. The molecule has 0 aliphatic carbocycles. The average Bonchev–Trinajstić information content (AvgIpc) is 2.25. The van der Waals surface area contributed by atoms with Crippen LogP contribution in [0.5, 0.6) is 0 Å². The molecule has 0 amide bonds. The van der Waals surface area contributed by atoms with Crippen LogP contribution in [-0.4, -0.2) is 8.11 Å². The first-order valence-corrected chi connectivity index (χ1v) is 7.14. The van der Waals surface area contributed by atoms with Gasteiger partial charge in [-0.1, -0.05) is 85.0 Å². The molecular formula is C11H11Br3O2. The quantitative estimate of drug-likeness (QED) is 0.537. The molecule has 88 valence electrons. The van der Waals surface area contributed by atoms with Gasteiger partial charge in [-0.3, -0.25) is 4.79 Å². The van der Waals surface area contributed by atoms with Gasteiger partial charge < -0.3 is 4.74 Å². The van der Waals surface area contributed by atoms with Crippen LogP contribution in [-0.2, 0) is 9.53 Å². The molecule has 0 aromatic heterocycles. The molecule has 1 aromatic carbocycles. The molecule has 1 unspecified atom stereocenters. The lowest BCUT2D eigenvalue weighted by Crippen LogP contribution is -2.21. The SMILES string of the molecule is CCC(=O)OC(c1ccccc1)C(Br)(Br)Br. The van der Waals surface area contributed by atoms with Crippen molar-refractivity contribution in [2.75, 3.05) is 0 Å². The summed E-state index contributed by atoms with van der Waals surface area (Å²) < 4.78 is 4.72. The van der Waals surface area contributed by atoms with Crippen LogP contribution in [0.2, 0.25) is 0 Å². The molecule has 5 heteroatoms. The van der Waals surface area contributed by atoms with Crippen molar-refractivity contribution >= 4 is 53.8 Å². The number of halogens is 3. The number of ether oxygens (including phenoxy) is 1. The van der Waals surface area contributed by atoms with Crippen LogP contribution >= 0.6 is 47.8 Å². The predicted molar refractivity (Wildman–Crippen MR) is 75.1 cm³/mol. The van der Waals surface area contributed by atoms with Crippen LogP contribution in [0.3, 0.4) is 0 Å². The summed E-state index contributed by atoms with van der Waals surface area (Å²) in [7, 11) is 0. The van der Waals surface area contributed by atoms with Crippen molar-refractivity contribution in [3.63, 3.8) is 0 Å². The summed E-state index contributed by atoms with van der Waals surface area (Å²) >= 11 is 10.2. The molecule has 16 heavy (non-hydrogen) atoms. The number of esters is 1. The zero-order valence-corrected chi connectivity index (χ0v) is 13.4. The number of rotatable bonds is 3. The molecule has 0 radical (unpaired) electrons. The van der Waals surface area contributed by atoms with Gasteiger partial charge in [0, 0.05) is 6.42 Å². The fraction of sp³-hybridized carbons (Fsp3) is 0.364. The number of benzene rings is 1. The summed E-state index contributed by atoms with van der Waals surface area (Å²) in [5.41, 5.74) is 0.912. The molecule has 0 saturated heterocycles. The number of carbonyl (C=O) groups is 1. The summed E-state index contributed by atoms with van der Waals surface area (Å²) in [6.07, 6.45) is -0.0759. The monoisotopic (exact) mass is 412 g/mol. The fourth-order valence-electron chi connectivity index (χ4n) is 1.17. The second kappa shape index (κ2) is 6.17. The maximum atomic E-state index is 11.4. The minimum absolute atomic E-state index is 0.239. The van der Waals surface area contributed by atoms with Crippen LogP contribution in [0.4, 0.5) is 0 Å². The van der Waals surface area contributed by atoms with Gasteiger partial charge in [0.2, 0.25) is 0 Å². The lowest BCUT2D eigenvalue weighted by molar-refractivity contribution is -0.148. The van der Waals surface area contributed by atoms with Crippen LogP contribution in [0.25, 0.3) is 0 Å². The maximum absolute atomic E-state index is 11.4. The molecule has 0 N–H and O–H groups in total. The van der Waals surface area contributed by atoms with Crippen LogP contribution < -0.4 is 0 Å². The zero-order valence-electron chi connectivity index (χ0n) is 8.62. The molecule has 1 atom stereocenters. The van der Waals surface area contributed by atoms with Gasteiger partial charge in [-0.2, -0.15) is 0 Å². The van der Waals surface area contributed by atoms with Gasteiger partial charge in [0.15, 0.2) is 8.25 Å². The van der Waals surface area contributed by atoms with E-state index in [4.69, 9.17) is 4.74 Å². The molecule has 0 bridgehead atoms. The van der Waals surface area contributed by atoms with E-state index >= 15 is 0 Å². The highest BCUT2D eigenvalue weighted by Gasteiger charge is 2.35. The summed E-state index contributed by atoms with van der Waals surface area (Å²) in [5, 5.41) is 0. The molecule has 1 rings (SSSR count). The Balaban J connectivity index is 2.93. The summed E-state index contributed by atoms with van der Waals surface area (Å²) in [5.74, 6) is -0.239. The van der Waals surface area contributed by atoms with Crippen molar-refractivity contribution in [1.82, 2.24) is 0 Å². The van der Waals surface area contributed by atoms with Crippen LogP contribution in [0.1, 0.15) is 25.0 Å². The van der Waals surface area contributed by atoms with Gasteiger partial charge in [-0.15, -0.1) is 0 Å². The highest BCUT2D eigenvalue weighted by molar-refractivity contribution is 9.39. The second-order valence-corrected chi connectivity index (χ2v) is 10.1. The third-order valence-electron chi connectivity index (χ3n) is 1.94. The minimum Gasteiger partial charge on any atom is -0.454 e. The Kier molecular flexibility index (Phi) is 5.47. The first-order valence-electron chi connectivity index (χ1n) is 4.76. The fourth-order valence-corrected chi connectivity index (χ4v) is 2.24. The Labute approximate surface area is 120 Å². The number of hydrogen-bond acceptors (Lipinski definition) is 2.